The number of aliphatic hydroxyl groups excluding tert-OH is 3. The van der Waals surface area contributed by atoms with Gasteiger partial charge in [-0.1, -0.05) is 54.3 Å². The summed E-state index contributed by atoms with van der Waals surface area (Å²) in [5.41, 5.74) is 8.71. The Bertz CT molecular complexity index is 3610. The normalized spacial score (nSPS) is 27.0. The van der Waals surface area contributed by atoms with E-state index >= 15 is 4.79 Å². The van der Waals surface area contributed by atoms with Gasteiger partial charge in [0.15, 0.2) is 23.0 Å². The lowest BCUT2D eigenvalue weighted by Crippen LogP contribution is -2.53. The minimum absolute atomic E-state index is 0.0294. The number of aromatic amines is 2. The molecule has 1 aliphatic heterocycles. The van der Waals surface area contributed by atoms with Gasteiger partial charge >= 0.3 is 5.97 Å². The number of H-pyrrole nitrogens is 2. The molecule has 4 heterocycles. The second-order valence-corrected chi connectivity index (χ2v) is 23.1. The first-order valence-corrected chi connectivity index (χ1v) is 28.1. The van der Waals surface area contributed by atoms with Gasteiger partial charge in [0, 0.05) is 66.4 Å². The molecule has 15 nitrogen and oxygen atoms in total. The van der Waals surface area contributed by atoms with Crippen LogP contribution < -0.4 is 9.47 Å². The largest absolute Gasteiger partial charge is 0.508 e. The number of carbonyl (C=O) groups is 3. The number of benzene rings is 4. The number of ether oxygens (including phenoxy) is 3. The second kappa shape index (κ2) is 21.7. The van der Waals surface area contributed by atoms with Crippen LogP contribution in [0.4, 0.5) is 0 Å². The number of hydrogen-bond donors (Lipinski definition) is 8. The minimum atomic E-state index is -1.37. The van der Waals surface area contributed by atoms with Crippen molar-refractivity contribution in [1.29, 1.82) is 0 Å². The number of carbonyl (C=O) groups excluding carboxylic acids is 3. The number of cyclic esters (lactones) is 1. The molecule has 3 fully saturated rings. The predicted octanol–water partition coefficient (Wildman–Crippen LogP) is 9.28. The Morgan fingerprint density at radius 1 is 0.900 bits per heavy atom. The van der Waals surface area contributed by atoms with Crippen LogP contribution in [0.1, 0.15) is 91.7 Å². The summed E-state index contributed by atoms with van der Waals surface area (Å²) >= 11 is 0. The minimum Gasteiger partial charge on any atom is -0.508 e. The van der Waals surface area contributed by atoms with Gasteiger partial charge in [-0.25, -0.2) is 0 Å². The summed E-state index contributed by atoms with van der Waals surface area (Å²) in [6.07, 6.45) is 5.32. The van der Waals surface area contributed by atoms with Crippen molar-refractivity contribution in [3.63, 3.8) is 0 Å². The van der Waals surface area contributed by atoms with Crippen LogP contribution in [-0.4, -0.2) is 102 Å². The number of aromatic hydroxyl groups is 3. The molecule has 4 aliphatic carbocycles. The van der Waals surface area contributed by atoms with Gasteiger partial charge < -0.3 is 64.2 Å². The monoisotopic (exact) mass is 1080 g/mol. The molecule has 2 bridgehead atoms. The highest BCUT2D eigenvalue weighted by Gasteiger charge is 2.62. The second-order valence-electron chi connectivity index (χ2n) is 23.1. The molecule has 11 atom stereocenters. The van der Waals surface area contributed by atoms with E-state index in [1.807, 2.05) is 48.7 Å². The molecule has 4 aromatic carbocycles. The number of ketones is 1. The number of phenolic OH excluding ortho intramolecular Hbond substituents is 3. The van der Waals surface area contributed by atoms with Crippen LogP contribution in [0.5, 0.6) is 28.7 Å². The number of aliphatic hydroxyl groups is 3. The zero-order valence-corrected chi connectivity index (χ0v) is 44.6. The van der Waals surface area contributed by atoms with Gasteiger partial charge in [0.05, 0.1) is 48.3 Å². The third kappa shape index (κ3) is 9.71. The summed E-state index contributed by atoms with van der Waals surface area (Å²) in [6.45, 7) is 0.275. The highest BCUT2D eigenvalue weighted by Crippen LogP contribution is 2.68. The third-order valence-electron chi connectivity index (χ3n) is 18.6. The first kappa shape index (κ1) is 52.9. The molecule has 414 valence electrons. The van der Waals surface area contributed by atoms with Crippen LogP contribution in [0.2, 0.25) is 0 Å². The number of fused-ring (bicyclic) bond motifs is 10. The Balaban J connectivity index is 0.996. The lowest BCUT2D eigenvalue weighted by Gasteiger charge is -2.58. The number of esters is 1. The zero-order valence-electron chi connectivity index (χ0n) is 44.6. The molecule has 3 saturated carbocycles. The Hall–Kier alpha value is -7.77. The molecule has 12 rings (SSSR count). The van der Waals surface area contributed by atoms with E-state index in [0.717, 1.165) is 67.6 Å². The van der Waals surface area contributed by atoms with Crippen molar-refractivity contribution in [3.05, 3.63) is 131 Å². The maximum absolute atomic E-state index is 15.3. The molecule has 80 heavy (non-hydrogen) atoms. The molecule has 15 heteroatoms. The first-order chi connectivity index (χ1) is 38.8. The number of aromatic nitrogens is 3. The lowest BCUT2D eigenvalue weighted by molar-refractivity contribution is -0.155. The Kier molecular flexibility index (Phi) is 14.4. The summed E-state index contributed by atoms with van der Waals surface area (Å²) < 4.78 is 19.8. The van der Waals surface area contributed by atoms with Gasteiger partial charge in [0.25, 0.3) is 0 Å². The van der Waals surface area contributed by atoms with Crippen LogP contribution in [0, 0.1) is 52.8 Å². The average molecular weight is 1080 g/mol. The maximum atomic E-state index is 15.3. The maximum Gasteiger partial charge on any atom is 0.318 e. The predicted molar refractivity (Wildman–Crippen MR) is 300 cm³/mol. The van der Waals surface area contributed by atoms with Crippen LogP contribution in [0.25, 0.3) is 38.8 Å². The molecule has 7 aromatic rings. The number of phenols is 3. The summed E-state index contributed by atoms with van der Waals surface area (Å²) in [5.74, 6) is 4.17. The van der Waals surface area contributed by atoms with Crippen molar-refractivity contribution < 1.29 is 59.2 Å². The molecule has 8 N–H and O–H groups in total. The number of Topliss-reactive ketones (excluding diaryl/α,β-unsaturated/α-hetero) is 1. The molecule has 1 spiro atoms. The van der Waals surface area contributed by atoms with E-state index in [1.54, 1.807) is 30.3 Å². The van der Waals surface area contributed by atoms with E-state index in [9.17, 15) is 40.2 Å². The molecule has 0 radical (unpaired) electrons. The summed E-state index contributed by atoms with van der Waals surface area (Å²) in [6, 6.07) is 27.6. The van der Waals surface area contributed by atoms with Crippen LogP contribution in [-0.2, 0) is 38.5 Å². The first-order valence-electron chi connectivity index (χ1n) is 28.1. The number of aldehydes is 1. The van der Waals surface area contributed by atoms with E-state index in [4.69, 9.17) is 14.2 Å². The number of allylic oxidation sites excluding steroid dienone is 1. The van der Waals surface area contributed by atoms with E-state index in [0.29, 0.717) is 44.2 Å². The molecular weight excluding hydrogens is 1010 g/mol. The number of nitrogens with zero attached hydrogens (tertiary/aromatic N) is 1. The molecular formula is C65H67N3O12. The van der Waals surface area contributed by atoms with Gasteiger partial charge in [-0.2, -0.15) is 0 Å². The summed E-state index contributed by atoms with van der Waals surface area (Å²) in [4.78, 5) is 50.3. The standard InChI is InChI=1S/C65H67N3O12/c1-78-59-30-48-47(29-58(59)76)50-25-39-33-65(32-37(21-40(65)35-70)34-68-54-17-18-66-53(54)31-55(68)38-7-6-8-41(71)24-38)51-27-42(72)14-15-46(51)63(39)49(48)26-43(73)28-61(57(75)22-36-13-16-56(74)60(23-36)79-20-19-69)80-62(77)12-5-3-10-45-44-9-2-4-11-52(44)67-64(45)50/h2,4,6-9,11,13,16-18,23-25,29-31,35,37,39-40,42,46,49,51,57,61,63,66-67,69,71-72,74-76H,10,12,14-15,19-22,26-28,32-34H2,1H3. The topological polar surface area (TPSA) is 237 Å². The highest BCUT2D eigenvalue weighted by atomic mass is 16.6. The fourth-order valence-electron chi connectivity index (χ4n) is 15.4. The number of rotatable bonds is 11. The number of nitrogens with one attached hydrogen (secondary N) is 2. The quantitative estimate of drug-likeness (QED) is 0.0344. The lowest BCUT2D eigenvalue weighted by atomic mass is 9.46. The SMILES string of the molecule is COc1cc2c(cc1O)C1=CC3CC4(CC(Cn5c(-c6cccc(O)c6)cc6[nH]ccc65)CC4C=O)C4CC(O)CCC4C3C2CC(=O)CC(C(O)Cc2ccc(O)c(OCCO)c2)OC(=O)CC#CCc2c1[nH]c1ccccc21. The number of methoxy groups -OCH3 is 1. The number of para-hydroxylation sites is 1. The Labute approximate surface area is 463 Å². The third-order valence-corrected chi connectivity index (χ3v) is 18.6. The van der Waals surface area contributed by atoms with Crippen molar-refractivity contribution in [2.75, 3.05) is 20.3 Å². The summed E-state index contributed by atoms with van der Waals surface area (Å²) in [5, 5.41) is 67.1. The summed E-state index contributed by atoms with van der Waals surface area (Å²) in [7, 11) is 1.50. The zero-order chi connectivity index (χ0) is 55.4. The molecule has 5 aliphatic rings. The Morgan fingerprint density at radius 2 is 1.75 bits per heavy atom. The van der Waals surface area contributed by atoms with Gasteiger partial charge in [-0.05, 0) is 156 Å². The van der Waals surface area contributed by atoms with E-state index < -0.39 is 35.6 Å². The van der Waals surface area contributed by atoms with Gasteiger partial charge in [0.2, 0.25) is 0 Å². The molecule has 3 aromatic heterocycles. The van der Waals surface area contributed by atoms with Crippen molar-refractivity contribution in [3.8, 4) is 51.8 Å². The van der Waals surface area contributed by atoms with E-state index in [-0.39, 0.29) is 115 Å². The van der Waals surface area contributed by atoms with Crippen molar-refractivity contribution >= 4 is 45.5 Å². The van der Waals surface area contributed by atoms with Crippen molar-refractivity contribution in [2.45, 2.75) is 101 Å². The van der Waals surface area contributed by atoms with E-state index in [2.05, 4.69) is 44.6 Å². The van der Waals surface area contributed by atoms with Gasteiger partial charge in [-0.15, -0.1) is 0 Å². The fourth-order valence-corrected chi connectivity index (χ4v) is 15.4. The number of hydrogen-bond acceptors (Lipinski definition) is 12. The van der Waals surface area contributed by atoms with Crippen molar-refractivity contribution in [2.24, 2.45) is 40.9 Å². The average Bonchev–Trinajstić information content (AvgIpc) is 4.27. The van der Waals surface area contributed by atoms with Gasteiger partial charge in [-0.3, -0.25) is 9.59 Å². The van der Waals surface area contributed by atoms with E-state index in [1.165, 1.54) is 19.5 Å². The fraction of sp³-hybridized carbons (Fsp3) is 0.400. The smallest absolute Gasteiger partial charge is 0.318 e. The van der Waals surface area contributed by atoms with Crippen LogP contribution in [0.3, 0.4) is 0 Å². The Morgan fingerprint density at radius 3 is 2.58 bits per heavy atom. The molecule has 0 amide bonds. The van der Waals surface area contributed by atoms with Gasteiger partial charge in [0.1, 0.15) is 37.0 Å². The molecule has 0 saturated heterocycles. The van der Waals surface area contributed by atoms with Crippen LogP contribution in [0.15, 0.2) is 103 Å². The highest BCUT2D eigenvalue weighted by molar-refractivity contribution is 5.94. The molecule has 11 unspecified atom stereocenters. The van der Waals surface area contributed by atoms with Crippen molar-refractivity contribution in [1.82, 2.24) is 14.5 Å². The van der Waals surface area contributed by atoms with Crippen LogP contribution >= 0.6 is 0 Å².